The molecule has 0 spiro atoms. The van der Waals surface area contributed by atoms with Crippen LogP contribution >= 0.6 is 0 Å². The Morgan fingerprint density at radius 2 is 1.95 bits per heavy atom. The molecule has 1 rings (SSSR count). The van der Waals surface area contributed by atoms with Crippen molar-refractivity contribution in [2.75, 3.05) is 0 Å². The molecule has 0 saturated heterocycles. The van der Waals surface area contributed by atoms with Crippen molar-refractivity contribution >= 4 is 0 Å². The number of hydrogen-bond acceptors (Lipinski definition) is 3. The zero-order valence-corrected chi connectivity index (χ0v) is 10.8. The second-order valence-corrected chi connectivity index (χ2v) is 4.84. The Bertz CT molecular complexity index is 407. The van der Waals surface area contributed by atoms with E-state index in [1.54, 1.807) is 6.07 Å². The van der Waals surface area contributed by atoms with Crippen molar-refractivity contribution in [2.45, 2.75) is 38.8 Å². The molecular formula is C13H18F3NO2. The van der Waals surface area contributed by atoms with E-state index in [2.05, 4.69) is 4.74 Å². The van der Waals surface area contributed by atoms with Crippen LogP contribution in [0.15, 0.2) is 24.3 Å². The van der Waals surface area contributed by atoms with E-state index < -0.39 is 18.5 Å². The highest BCUT2D eigenvalue weighted by atomic mass is 19.4. The van der Waals surface area contributed by atoms with Crippen molar-refractivity contribution in [3.63, 3.8) is 0 Å². The predicted octanol–water partition coefficient (Wildman–Crippen LogP) is 2.99. The first-order valence-corrected chi connectivity index (χ1v) is 5.98. The Hall–Kier alpha value is -1.27. The normalized spacial score (nSPS) is 15.4. The molecule has 1 aromatic carbocycles. The summed E-state index contributed by atoms with van der Waals surface area (Å²) in [6.07, 6.45) is -5.06. The fraction of sp³-hybridized carbons (Fsp3) is 0.538. The van der Waals surface area contributed by atoms with Crippen LogP contribution in [-0.4, -0.2) is 17.6 Å². The van der Waals surface area contributed by atoms with Gasteiger partial charge in [-0.2, -0.15) is 0 Å². The fourth-order valence-corrected chi connectivity index (χ4v) is 1.77. The van der Waals surface area contributed by atoms with Gasteiger partial charge in [-0.05, 0) is 30.0 Å². The van der Waals surface area contributed by atoms with Gasteiger partial charge in [-0.15, -0.1) is 13.2 Å². The molecule has 3 nitrogen and oxygen atoms in total. The van der Waals surface area contributed by atoms with Gasteiger partial charge in [0.1, 0.15) is 5.75 Å². The third kappa shape index (κ3) is 5.48. The van der Waals surface area contributed by atoms with Crippen molar-refractivity contribution in [2.24, 2.45) is 11.7 Å². The van der Waals surface area contributed by atoms with Gasteiger partial charge in [0.15, 0.2) is 0 Å². The molecule has 0 amide bonds. The van der Waals surface area contributed by atoms with E-state index in [9.17, 15) is 18.3 Å². The number of halogens is 3. The molecule has 0 aliphatic heterocycles. The molecule has 0 saturated carbocycles. The average Bonchev–Trinajstić information content (AvgIpc) is 2.25. The van der Waals surface area contributed by atoms with E-state index in [1.807, 2.05) is 13.8 Å². The second kappa shape index (κ2) is 6.25. The number of rotatable bonds is 5. The van der Waals surface area contributed by atoms with Gasteiger partial charge in [0, 0.05) is 0 Å². The molecule has 0 aliphatic rings. The Labute approximate surface area is 110 Å². The maximum atomic E-state index is 12.1. The number of alkyl halides is 3. The van der Waals surface area contributed by atoms with Gasteiger partial charge in [0.05, 0.1) is 12.1 Å². The summed E-state index contributed by atoms with van der Waals surface area (Å²) in [5.41, 5.74) is 6.24. The topological polar surface area (TPSA) is 55.5 Å². The summed E-state index contributed by atoms with van der Waals surface area (Å²) in [7, 11) is 0. The summed E-state index contributed by atoms with van der Waals surface area (Å²) >= 11 is 0. The summed E-state index contributed by atoms with van der Waals surface area (Å²) in [5.74, 6) is -0.0899. The lowest BCUT2D eigenvalue weighted by atomic mass is 9.95. The van der Waals surface area contributed by atoms with Gasteiger partial charge < -0.3 is 15.6 Å². The number of ether oxygens (including phenoxy) is 1. The minimum atomic E-state index is -4.74. The Morgan fingerprint density at radius 1 is 1.32 bits per heavy atom. The van der Waals surface area contributed by atoms with Crippen LogP contribution in [0.3, 0.4) is 0 Å². The van der Waals surface area contributed by atoms with Gasteiger partial charge in [0.25, 0.3) is 0 Å². The van der Waals surface area contributed by atoms with Gasteiger partial charge in [-0.3, -0.25) is 0 Å². The quantitative estimate of drug-likeness (QED) is 0.870. The minimum absolute atomic E-state index is 0.246. The average molecular weight is 277 g/mol. The van der Waals surface area contributed by atoms with E-state index in [0.29, 0.717) is 12.0 Å². The zero-order chi connectivity index (χ0) is 14.6. The molecule has 0 fully saturated rings. The number of nitrogens with two attached hydrogens (primary N) is 1. The molecule has 0 aromatic heterocycles. The first-order valence-electron chi connectivity index (χ1n) is 5.98. The van der Waals surface area contributed by atoms with Crippen LogP contribution < -0.4 is 10.5 Å². The second-order valence-electron chi connectivity index (χ2n) is 4.84. The molecule has 0 aliphatic carbocycles. The van der Waals surface area contributed by atoms with Crippen molar-refractivity contribution in [1.82, 2.24) is 0 Å². The molecule has 19 heavy (non-hydrogen) atoms. The molecule has 0 bridgehead atoms. The van der Waals surface area contributed by atoms with Crippen molar-refractivity contribution in [3.05, 3.63) is 29.8 Å². The molecular weight excluding hydrogens is 259 g/mol. The largest absolute Gasteiger partial charge is 0.573 e. The Morgan fingerprint density at radius 3 is 2.47 bits per heavy atom. The molecule has 3 N–H and O–H groups in total. The highest BCUT2D eigenvalue weighted by Crippen LogP contribution is 2.27. The SMILES string of the molecule is CC(C)C[C@@H](O)[C@@H](N)c1cccc(OC(F)(F)F)c1. The van der Waals surface area contributed by atoms with Gasteiger partial charge in [0.2, 0.25) is 0 Å². The molecule has 0 heterocycles. The van der Waals surface area contributed by atoms with Crippen molar-refractivity contribution in [3.8, 4) is 5.75 Å². The monoisotopic (exact) mass is 277 g/mol. The standard InChI is InChI=1S/C13H18F3NO2/c1-8(2)6-11(18)12(17)9-4-3-5-10(7-9)19-13(14,15)16/h3-5,7-8,11-12,18H,6,17H2,1-2H3/t11-,12+/m1/s1. The fourth-order valence-electron chi connectivity index (χ4n) is 1.77. The number of aliphatic hydroxyl groups is 1. The van der Waals surface area contributed by atoms with Crippen LogP contribution in [0.1, 0.15) is 31.9 Å². The third-order valence-corrected chi connectivity index (χ3v) is 2.60. The van der Waals surface area contributed by atoms with Crippen LogP contribution in [0.2, 0.25) is 0 Å². The lowest BCUT2D eigenvalue weighted by Crippen LogP contribution is -2.27. The van der Waals surface area contributed by atoms with Crippen LogP contribution in [0.25, 0.3) is 0 Å². The Balaban J connectivity index is 2.81. The van der Waals surface area contributed by atoms with Gasteiger partial charge >= 0.3 is 6.36 Å². The minimum Gasteiger partial charge on any atom is -0.406 e. The van der Waals surface area contributed by atoms with Crippen molar-refractivity contribution < 1.29 is 23.0 Å². The summed E-state index contributed by atoms with van der Waals surface area (Å²) < 4.78 is 40.1. The van der Waals surface area contributed by atoms with E-state index in [4.69, 9.17) is 5.73 Å². The summed E-state index contributed by atoms with van der Waals surface area (Å²) in [4.78, 5) is 0. The lowest BCUT2D eigenvalue weighted by molar-refractivity contribution is -0.274. The summed E-state index contributed by atoms with van der Waals surface area (Å²) in [6.45, 7) is 3.86. The first-order chi connectivity index (χ1) is 8.69. The highest BCUT2D eigenvalue weighted by molar-refractivity contribution is 5.31. The first kappa shape index (κ1) is 15.8. The van der Waals surface area contributed by atoms with Crippen LogP contribution in [-0.2, 0) is 0 Å². The summed E-state index contributed by atoms with van der Waals surface area (Å²) in [6, 6.07) is 4.63. The van der Waals surface area contributed by atoms with Crippen molar-refractivity contribution in [1.29, 1.82) is 0 Å². The smallest absolute Gasteiger partial charge is 0.406 e. The van der Waals surface area contributed by atoms with Crippen LogP contribution in [0, 0.1) is 5.92 Å². The molecule has 108 valence electrons. The van der Waals surface area contributed by atoms with Crippen LogP contribution in [0.5, 0.6) is 5.75 Å². The molecule has 1 aromatic rings. The maximum Gasteiger partial charge on any atom is 0.573 e. The number of hydrogen-bond donors (Lipinski definition) is 2. The van der Waals surface area contributed by atoms with E-state index >= 15 is 0 Å². The van der Waals surface area contributed by atoms with Crippen LogP contribution in [0.4, 0.5) is 13.2 Å². The van der Waals surface area contributed by atoms with Gasteiger partial charge in [-0.1, -0.05) is 26.0 Å². The number of aliphatic hydroxyl groups excluding tert-OH is 1. The maximum absolute atomic E-state index is 12.1. The molecule has 0 unspecified atom stereocenters. The lowest BCUT2D eigenvalue weighted by Gasteiger charge is -2.21. The Kier molecular flexibility index (Phi) is 5.20. The zero-order valence-electron chi connectivity index (χ0n) is 10.8. The molecule has 0 radical (unpaired) electrons. The van der Waals surface area contributed by atoms with Gasteiger partial charge in [-0.25, -0.2) is 0 Å². The summed E-state index contributed by atoms with van der Waals surface area (Å²) in [5, 5.41) is 9.88. The molecule has 2 atom stereocenters. The van der Waals surface area contributed by atoms with E-state index in [0.717, 1.165) is 0 Å². The van der Waals surface area contributed by atoms with E-state index in [1.165, 1.54) is 18.2 Å². The van der Waals surface area contributed by atoms with E-state index in [-0.39, 0.29) is 11.7 Å². The molecule has 6 heteroatoms. The third-order valence-electron chi connectivity index (χ3n) is 2.60. The predicted molar refractivity (Wildman–Crippen MR) is 65.5 cm³/mol. The number of benzene rings is 1. The highest BCUT2D eigenvalue weighted by Gasteiger charge is 2.31.